The predicted molar refractivity (Wildman–Crippen MR) is 90.3 cm³/mol. The first-order valence-electron chi connectivity index (χ1n) is 8.06. The van der Waals surface area contributed by atoms with Gasteiger partial charge in [-0.2, -0.15) is 0 Å². The van der Waals surface area contributed by atoms with E-state index >= 15 is 0 Å². The van der Waals surface area contributed by atoms with Crippen LogP contribution in [0.25, 0.3) is 0 Å². The number of aromatic nitrogens is 1. The van der Waals surface area contributed by atoms with E-state index in [-0.39, 0.29) is 12.1 Å². The van der Waals surface area contributed by atoms with Gasteiger partial charge in [0, 0.05) is 12.7 Å². The molecule has 6 nitrogen and oxygen atoms in total. The maximum absolute atomic E-state index is 12.0. The van der Waals surface area contributed by atoms with E-state index in [4.69, 9.17) is 9.47 Å². The van der Waals surface area contributed by atoms with Crippen molar-refractivity contribution in [1.29, 1.82) is 0 Å². The summed E-state index contributed by atoms with van der Waals surface area (Å²) in [6.45, 7) is 3.61. The van der Waals surface area contributed by atoms with E-state index in [2.05, 4.69) is 15.6 Å². The van der Waals surface area contributed by atoms with Crippen LogP contribution < -0.4 is 20.1 Å². The number of fused-ring (bicyclic) bond motifs is 1. The Morgan fingerprint density at radius 3 is 2.83 bits per heavy atom. The number of rotatable bonds is 5. The molecular formula is C18H21N3O3. The van der Waals surface area contributed by atoms with E-state index in [1.165, 1.54) is 0 Å². The molecule has 0 fully saturated rings. The number of benzene rings is 1. The summed E-state index contributed by atoms with van der Waals surface area (Å²) < 4.78 is 11.1. The molecule has 1 aromatic carbocycles. The Kier molecular flexibility index (Phi) is 5.15. The average Bonchev–Trinajstić information content (AvgIpc) is 2.62. The molecule has 2 aromatic rings. The number of ether oxygens (including phenoxy) is 2. The molecule has 1 unspecified atom stereocenters. The van der Waals surface area contributed by atoms with E-state index in [0.29, 0.717) is 19.8 Å². The van der Waals surface area contributed by atoms with Crippen molar-refractivity contribution in [1.82, 2.24) is 15.6 Å². The second-order valence-corrected chi connectivity index (χ2v) is 5.60. The molecule has 0 aliphatic carbocycles. The molecule has 6 heteroatoms. The van der Waals surface area contributed by atoms with E-state index in [9.17, 15) is 4.79 Å². The first-order chi connectivity index (χ1) is 11.7. The van der Waals surface area contributed by atoms with E-state index in [1.807, 2.05) is 43.3 Å². The van der Waals surface area contributed by atoms with Crippen LogP contribution in [0.4, 0.5) is 4.79 Å². The number of hydrogen-bond donors (Lipinski definition) is 2. The van der Waals surface area contributed by atoms with Gasteiger partial charge in [-0.25, -0.2) is 4.79 Å². The zero-order valence-electron chi connectivity index (χ0n) is 13.6. The highest BCUT2D eigenvalue weighted by atomic mass is 16.6. The lowest BCUT2D eigenvalue weighted by Crippen LogP contribution is -2.38. The van der Waals surface area contributed by atoms with Crippen LogP contribution in [-0.2, 0) is 6.42 Å². The van der Waals surface area contributed by atoms with E-state index in [0.717, 1.165) is 29.2 Å². The summed E-state index contributed by atoms with van der Waals surface area (Å²) in [5.74, 6) is 1.55. The van der Waals surface area contributed by atoms with Crippen molar-refractivity contribution in [2.75, 3.05) is 19.8 Å². The second kappa shape index (κ2) is 7.68. The monoisotopic (exact) mass is 327 g/mol. The highest BCUT2D eigenvalue weighted by Gasteiger charge is 2.12. The minimum absolute atomic E-state index is 0.138. The van der Waals surface area contributed by atoms with Gasteiger partial charge in [0.25, 0.3) is 0 Å². The summed E-state index contributed by atoms with van der Waals surface area (Å²) in [4.78, 5) is 16.2. The summed E-state index contributed by atoms with van der Waals surface area (Å²) in [6, 6.07) is 11.2. The molecule has 0 radical (unpaired) electrons. The highest BCUT2D eigenvalue weighted by molar-refractivity contribution is 5.74. The summed E-state index contributed by atoms with van der Waals surface area (Å²) in [7, 11) is 0. The van der Waals surface area contributed by atoms with Gasteiger partial charge in [-0.05, 0) is 43.2 Å². The fourth-order valence-corrected chi connectivity index (χ4v) is 2.52. The van der Waals surface area contributed by atoms with Crippen molar-refractivity contribution >= 4 is 6.03 Å². The number of carbonyl (C=O) groups excluding carboxylic acids is 1. The molecule has 0 saturated heterocycles. The van der Waals surface area contributed by atoms with Crippen molar-refractivity contribution in [3.8, 4) is 11.5 Å². The number of urea groups is 1. The normalized spacial score (nSPS) is 13.9. The quantitative estimate of drug-likeness (QED) is 0.885. The van der Waals surface area contributed by atoms with Crippen LogP contribution in [-0.4, -0.2) is 30.8 Å². The summed E-state index contributed by atoms with van der Waals surface area (Å²) in [5, 5.41) is 5.74. The SMILES string of the molecule is CC(NC(=O)NCCc1ccc2c(c1)OCCO2)c1ccccn1. The van der Waals surface area contributed by atoms with Crippen molar-refractivity contribution in [3.63, 3.8) is 0 Å². The second-order valence-electron chi connectivity index (χ2n) is 5.60. The summed E-state index contributed by atoms with van der Waals surface area (Å²) >= 11 is 0. The molecule has 2 heterocycles. The van der Waals surface area contributed by atoms with Gasteiger partial charge in [0.15, 0.2) is 11.5 Å². The molecular weight excluding hydrogens is 306 g/mol. The van der Waals surface area contributed by atoms with Gasteiger partial charge < -0.3 is 20.1 Å². The van der Waals surface area contributed by atoms with Crippen LogP contribution in [0.5, 0.6) is 11.5 Å². The zero-order valence-corrected chi connectivity index (χ0v) is 13.6. The predicted octanol–water partition coefficient (Wildman–Crippen LogP) is 2.46. The van der Waals surface area contributed by atoms with Gasteiger partial charge in [-0.3, -0.25) is 4.98 Å². The smallest absolute Gasteiger partial charge is 0.315 e. The molecule has 1 aliphatic rings. The third-order valence-corrected chi connectivity index (χ3v) is 3.78. The molecule has 3 rings (SSSR count). The number of amides is 2. The Labute approximate surface area is 141 Å². The number of nitrogens with zero attached hydrogens (tertiary/aromatic N) is 1. The molecule has 0 bridgehead atoms. The Bertz CT molecular complexity index is 691. The van der Waals surface area contributed by atoms with Crippen molar-refractivity contribution < 1.29 is 14.3 Å². The van der Waals surface area contributed by atoms with Gasteiger partial charge in [0.2, 0.25) is 0 Å². The lowest BCUT2D eigenvalue weighted by atomic mass is 10.1. The van der Waals surface area contributed by atoms with Gasteiger partial charge in [0.05, 0.1) is 11.7 Å². The lowest BCUT2D eigenvalue weighted by molar-refractivity contribution is 0.171. The van der Waals surface area contributed by atoms with Gasteiger partial charge in [0.1, 0.15) is 13.2 Å². The Hall–Kier alpha value is -2.76. The summed E-state index contributed by atoms with van der Waals surface area (Å²) in [6.07, 6.45) is 2.44. The summed E-state index contributed by atoms with van der Waals surface area (Å²) in [5.41, 5.74) is 1.93. The third-order valence-electron chi connectivity index (χ3n) is 3.78. The first-order valence-corrected chi connectivity index (χ1v) is 8.06. The molecule has 1 atom stereocenters. The van der Waals surface area contributed by atoms with Gasteiger partial charge >= 0.3 is 6.03 Å². The number of nitrogens with one attached hydrogen (secondary N) is 2. The third kappa shape index (κ3) is 4.16. The Morgan fingerprint density at radius 2 is 2.04 bits per heavy atom. The van der Waals surface area contributed by atoms with Crippen molar-refractivity contribution in [2.24, 2.45) is 0 Å². The average molecular weight is 327 g/mol. The van der Waals surface area contributed by atoms with Crippen molar-refractivity contribution in [2.45, 2.75) is 19.4 Å². The van der Waals surface area contributed by atoms with Gasteiger partial charge in [-0.1, -0.05) is 12.1 Å². The molecule has 1 aromatic heterocycles. The molecule has 0 spiro atoms. The number of carbonyl (C=O) groups is 1. The Balaban J connectivity index is 1.45. The van der Waals surface area contributed by atoms with Crippen LogP contribution >= 0.6 is 0 Å². The van der Waals surface area contributed by atoms with Crippen LogP contribution in [0, 0.1) is 0 Å². The topological polar surface area (TPSA) is 72.5 Å². The fraction of sp³-hybridized carbons (Fsp3) is 0.333. The maximum Gasteiger partial charge on any atom is 0.315 e. The molecule has 0 saturated carbocycles. The van der Waals surface area contributed by atoms with Crippen molar-refractivity contribution in [3.05, 3.63) is 53.9 Å². The van der Waals surface area contributed by atoms with Crippen LogP contribution in [0.3, 0.4) is 0 Å². The highest BCUT2D eigenvalue weighted by Crippen LogP contribution is 2.30. The number of pyridine rings is 1. The molecule has 24 heavy (non-hydrogen) atoms. The van der Waals surface area contributed by atoms with Gasteiger partial charge in [-0.15, -0.1) is 0 Å². The molecule has 2 N–H and O–H groups in total. The standard InChI is InChI=1S/C18H21N3O3/c1-13(15-4-2-3-8-19-15)21-18(22)20-9-7-14-5-6-16-17(12-14)24-11-10-23-16/h2-6,8,12-13H,7,9-11H2,1H3,(H2,20,21,22). The van der Waals surface area contributed by atoms with Crippen LogP contribution in [0.15, 0.2) is 42.6 Å². The Morgan fingerprint density at radius 1 is 1.21 bits per heavy atom. The minimum Gasteiger partial charge on any atom is -0.486 e. The minimum atomic E-state index is -0.203. The maximum atomic E-state index is 12.0. The van der Waals surface area contributed by atoms with E-state index < -0.39 is 0 Å². The molecule has 126 valence electrons. The fourth-order valence-electron chi connectivity index (χ4n) is 2.52. The molecule has 2 amide bonds. The zero-order chi connectivity index (χ0) is 16.8. The molecule has 1 aliphatic heterocycles. The largest absolute Gasteiger partial charge is 0.486 e. The first kappa shape index (κ1) is 16.1. The van der Waals surface area contributed by atoms with Crippen LogP contribution in [0.2, 0.25) is 0 Å². The lowest BCUT2D eigenvalue weighted by Gasteiger charge is -2.19. The van der Waals surface area contributed by atoms with E-state index in [1.54, 1.807) is 6.20 Å². The van der Waals surface area contributed by atoms with Crippen LogP contribution in [0.1, 0.15) is 24.2 Å². The number of hydrogen-bond acceptors (Lipinski definition) is 4.